The molecule has 1 aliphatic heterocycles. The first-order valence-corrected chi connectivity index (χ1v) is 4.66. The van der Waals surface area contributed by atoms with Crippen molar-refractivity contribution in [1.29, 1.82) is 0 Å². The van der Waals surface area contributed by atoms with Gasteiger partial charge in [-0.1, -0.05) is 0 Å². The second-order valence-electron chi connectivity index (χ2n) is 3.48. The number of nitrogens with zero attached hydrogens (tertiary/aromatic N) is 2. The Bertz CT molecular complexity index is 529. The summed E-state index contributed by atoms with van der Waals surface area (Å²) in [6.45, 7) is 0.234. The van der Waals surface area contributed by atoms with Gasteiger partial charge in [0, 0.05) is 18.9 Å². The summed E-state index contributed by atoms with van der Waals surface area (Å²) in [7, 11) is 0. The molecule has 1 atom stereocenters. The molecule has 1 saturated heterocycles. The fourth-order valence-electron chi connectivity index (χ4n) is 1.66. The topological polar surface area (TPSA) is 86.3 Å². The molecule has 0 spiro atoms. The number of anilines is 1. The number of aromatic hydroxyl groups is 1. The van der Waals surface area contributed by atoms with E-state index in [4.69, 9.17) is 6.42 Å². The van der Waals surface area contributed by atoms with Crippen LogP contribution in [0.2, 0.25) is 0 Å². The number of hydrogen-bond acceptors (Lipinski definition) is 4. The normalized spacial score (nSPS) is 19.8. The van der Waals surface area contributed by atoms with Gasteiger partial charge in [0.15, 0.2) is 5.69 Å². The average Bonchev–Trinajstić information content (AvgIpc) is 2.60. The Kier molecular flexibility index (Phi) is 2.37. The molecule has 1 fully saturated rings. The van der Waals surface area contributed by atoms with E-state index in [9.17, 15) is 14.7 Å². The highest BCUT2D eigenvalue weighted by Gasteiger charge is 2.32. The minimum Gasteiger partial charge on any atom is -0.492 e. The number of aromatic amines is 1. The predicted molar refractivity (Wildman–Crippen MR) is 55.8 cm³/mol. The lowest BCUT2D eigenvalue weighted by Gasteiger charge is -2.14. The zero-order valence-corrected chi connectivity index (χ0v) is 8.30. The maximum Gasteiger partial charge on any atom is 0.278 e. The number of amides is 1. The molecule has 2 heterocycles. The number of carbonyl (C=O) groups excluding carboxylic acids is 1. The van der Waals surface area contributed by atoms with Crippen molar-refractivity contribution in [3.63, 3.8) is 0 Å². The Labute approximate surface area is 90.9 Å². The zero-order valence-electron chi connectivity index (χ0n) is 8.30. The van der Waals surface area contributed by atoms with Crippen molar-refractivity contribution in [2.24, 2.45) is 5.92 Å². The average molecular weight is 219 g/mol. The first-order chi connectivity index (χ1) is 7.63. The number of rotatable bonds is 1. The van der Waals surface area contributed by atoms with Gasteiger partial charge in [-0.25, -0.2) is 4.98 Å². The third-order valence-corrected chi connectivity index (χ3v) is 2.44. The molecule has 1 unspecified atom stereocenters. The van der Waals surface area contributed by atoms with Crippen molar-refractivity contribution < 1.29 is 9.90 Å². The van der Waals surface area contributed by atoms with Crippen molar-refractivity contribution in [2.75, 3.05) is 11.4 Å². The van der Waals surface area contributed by atoms with Crippen LogP contribution >= 0.6 is 0 Å². The van der Waals surface area contributed by atoms with Gasteiger partial charge in [0.2, 0.25) is 11.8 Å². The van der Waals surface area contributed by atoms with Crippen LogP contribution < -0.4 is 10.5 Å². The molecular formula is C10H9N3O3. The van der Waals surface area contributed by atoms with Crippen LogP contribution in [0.15, 0.2) is 11.1 Å². The van der Waals surface area contributed by atoms with Crippen LogP contribution in [0, 0.1) is 18.3 Å². The summed E-state index contributed by atoms with van der Waals surface area (Å²) in [6.07, 6.45) is 6.47. The van der Waals surface area contributed by atoms with Gasteiger partial charge in [-0.05, 0) is 0 Å². The quantitative estimate of drug-likeness (QED) is 0.621. The number of hydrogen-bond donors (Lipinski definition) is 2. The fourth-order valence-corrected chi connectivity index (χ4v) is 1.66. The van der Waals surface area contributed by atoms with E-state index in [1.54, 1.807) is 0 Å². The number of H-pyrrole nitrogens is 1. The molecule has 1 aliphatic rings. The highest BCUT2D eigenvalue weighted by molar-refractivity contribution is 5.96. The maximum absolute atomic E-state index is 11.6. The summed E-state index contributed by atoms with van der Waals surface area (Å²) in [5.41, 5.74) is -0.691. The van der Waals surface area contributed by atoms with Crippen LogP contribution in [0.4, 0.5) is 5.69 Å². The van der Waals surface area contributed by atoms with E-state index >= 15 is 0 Å². The van der Waals surface area contributed by atoms with Crippen LogP contribution in [-0.4, -0.2) is 27.5 Å². The molecule has 0 aromatic carbocycles. The minimum atomic E-state index is -0.557. The predicted octanol–water partition coefficient (Wildman–Crippen LogP) is -0.538. The van der Waals surface area contributed by atoms with Crippen LogP contribution in [0.3, 0.4) is 0 Å². The largest absolute Gasteiger partial charge is 0.492 e. The Balaban J connectivity index is 2.43. The SMILES string of the molecule is C#CC1CC(=O)N(c2c(O)nc[nH]c2=O)C1. The molecule has 2 rings (SSSR count). The Hall–Kier alpha value is -2.29. The highest BCUT2D eigenvalue weighted by atomic mass is 16.3. The smallest absolute Gasteiger partial charge is 0.278 e. The third-order valence-electron chi connectivity index (χ3n) is 2.44. The van der Waals surface area contributed by atoms with E-state index in [0.29, 0.717) is 0 Å². The summed E-state index contributed by atoms with van der Waals surface area (Å²) in [4.78, 5) is 30.0. The van der Waals surface area contributed by atoms with Crippen molar-refractivity contribution in [2.45, 2.75) is 6.42 Å². The van der Waals surface area contributed by atoms with Crippen LogP contribution in [0.1, 0.15) is 6.42 Å². The van der Waals surface area contributed by atoms with Gasteiger partial charge in [0.25, 0.3) is 5.56 Å². The van der Waals surface area contributed by atoms with Gasteiger partial charge in [-0.3, -0.25) is 9.59 Å². The standard InChI is InChI=1S/C10H9N3O3/c1-2-6-3-7(14)13(4-6)8-9(15)11-5-12-10(8)16/h1,5-6H,3-4H2,(H2,11,12,15,16). The fraction of sp³-hybridized carbons (Fsp3) is 0.300. The van der Waals surface area contributed by atoms with E-state index in [2.05, 4.69) is 15.9 Å². The second-order valence-corrected chi connectivity index (χ2v) is 3.48. The molecule has 6 heteroatoms. The first kappa shape index (κ1) is 10.2. The zero-order chi connectivity index (χ0) is 11.7. The molecule has 0 saturated carbocycles. The van der Waals surface area contributed by atoms with Crippen molar-refractivity contribution >= 4 is 11.6 Å². The molecule has 1 amide bonds. The first-order valence-electron chi connectivity index (χ1n) is 4.66. The van der Waals surface area contributed by atoms with Crippen molar-refractivity contribution in [1.82, 2.24) is 9.97 Å². The molecule has 1 aromatic heterocycles. The van der Waals surface area contributed by atoms with Gasteiger partial charge in [-0.15, -0.1) is 12.3 Å². The third kappa shape index (κ3) is 1.52. The van der Waals surface area contributed by atoms with Crippen molar-refractivity contribution in [3.8, 4) is 18.2 Å². The number of nitrogens with one attached hydrogen (secondary N) is 1. The summed E-state index contributed by atoms with van der Waals surface area (Å²) < 4.78 is 0. The van der Waals surface area contributed by atoms with E-state index in [1.165, 1.54) is 4.90 Å². The molecule has 6 nitrogen and oxygen atoms in total. The molecule has 1 aromatic rings. The Morgan fingerprint density at radius 2 is 2.38 bits per heavy atom. The van der Waals surface area contributed by atoms with Crippen LogP contribution in [0.5, 0.6) is 5.88 Å². The molecule has 0 bridgehead atoms. The summed E-state index contributed by atoms with van der Waals surface area (Å²) >= 11 is 0. The molecular weight excluding hydrogens is 210 g/mol. The van der Waals surface area contributed by atoms with Gasteiger partial charge < -0.3 is 15.0 Å². The summed E-state index contributed by atoms with van der Waals surface area (Å²) in [5.74, 6) is 1.48. The number of aromatic nitrogens is 2. The monoisotopic (exact) mass is 219 g/mol. The van der Waals surface area contributed by atoms with Crippen LogP contribution in [0.25, 0.3) is 0 Å². The molecule has 0 radical (unpaired) electrons. The Morgan fingerprint density at radius 1 is 1.62 bits per heavy atom. The van der Waals surface area contributed by atoms with Crippen LogP contribution in [-0.2, 0) is 4.79 Å². The summed E-state index contributed by atoms with van der Waals surface area (Å²) in [5, 5.41) is 9.45. The molecule has 82 valence electrons. The minimum absolute atomic E-state index is 0.134. The highest BCUT2D eigenvalue weighted by Crippen LogP contribution is 2.26. The summed E-state index contributed by atoms with van der Waals surface area (Å²) in [6, 6.07) is 0. The second kappa shape index (κ2) is 3.70. The van der Waals surface area contributed by atoms with E-state index in [0.717, 1.165) is 6.33 Å². The van der Waals surface area contributed by atoms with Gasteiger partial charge in [0.05, 0.1) is 6.33 Å². The Morgan fingerprint density at radius 3 is 2.94 bits per heavy atom. The lowest BCUT2D eigenvalue weighted by atomic mass is 10.1. The number of terminal acetylenes is 1. The maximum atomic E-state index is 11.6. The molecule has 0 aliphatic carbocycles. The molecule has 2 N–H and O–H groups in total. The van der Waals surface area contributed by atoms with Gasteiger partial charge >= 0.3 is 0 Å². The lowest BCUT2D eigenvalue weighted by Crippen LogP contribution is -2.30. The van der Waals surface area contributed by atoms with Crippen molar-refractivity contribution in [3.05, 3.63) is 16.7 Å². The van der Waals surface area contributed by atoms with Gasteiger partial charge in [-0.2, -0.15) is 0 Å². The van der Waals surface area contributed by atoms with E-state index < -0.39 is 11.4 Å². The lowest BCUT2D eigenvalue weighted by molar-refractivity contribution is -0.117. The molecule has 16 heavy (non-hydrogen) atoms. The number of carbonyl (C=O) groups is 1. The van der Waals surface area contributed by atoms with E-state index in [1.807, 2.05) is 0 Å². The van der Waals surface area contributed by atoms with E-state index in [-0.39, 0.29) is 30.5 Å². The van der Waals surface area contributed by atoms with Gasteiger partial charge in [0.1, 0.15) is 0 Å².